The summed E-state index contributed by atoms with van der Waals surface area (Å²) in [6.07, 6.45) is 0.586. The zero-order valence-corrected chi connectivity index (χ0v) is 12.8. The highest BCUT2D eigenvalue weighted by Crippen LogP contribution is 2.21. The number of benzene rings is 1. The molecule has 3 rings (SSSR count). The molecular formula is C16H13F3N2O4. The number of hydrogen-bond donors (Lipinski definition) is 1. The van der Waals surface area contributed by atoms with E-state index in [0.29, 0.717) is 25.3 Å². The number of rotatable bonds is 5. The first-order valence-corrected chi connectivity index (χ1v) is 7.29. The molecule has 6 nitrogen and oxygen atoms in total. The second-order valence-corrected chi connectivity index (χ2v) is 5.38. The number of carbonyl (C=O) groups is 2. The van der Waals surface area contributed by atoms with Crippen LogP contribution in [-0.2, 0) is 16.0 Å². The smallest absolute Gasteiger partial charge is 0.265 e. The quantitative estimate of drug-likeness (QED) is 0.827. The summed E-state index contributed by atoms with van der Waals surface area (Å²) in [6.45, 7) is 0.838. The topological polar surface area (TPSA) is 83.6 Å². The Bertz CT molecular complexity index is 821. The number of nitrogens with zero attached hydrogens (tertiary/aromatic N) is 1. The number of hydrogen-bond acceptors (Lipinski definition) is 4. The number of primary amides is 1. The van der Waals surface area contributed by atoms with Crippen LogP contribution in [0.15, 0.2) is 24.4 Å². The maximum Gasteiger partial charge on any atom is 0.265 e. The minimum absolute atomic E-state index is 0.0506. The van der Waals surface area contributed by atoms with Crippen LogP contribution < -0.4 is 5.73 Å². The Labute approximate surface area is 139 Å². The molecule has 25 heavy (non-hydrogen) atoms. The number of amides is 1. The first-order chi connectivity index (χ1) is 11.9. The molecule has 0 saturated carbocycles. The van der Waals surface area contributed by atoms with Gasteiger partial charge in [0.25, 0.3) is 5.91 Å². The number of ketones is 1. The normalized spacial score (nSPS) is 14.8. The van der Waals surface area contributed by atoms with Gasteiger partial charge in [0.15, 0.2) is 12.1 Å². The number of carbonyl (C=O) groups excluding carboxylic acids is 2. The average molecular weight is 354 g/mol. The largest absolute Gasteiger partial charge is 0.364 e. The Hall–Kier alpha value is -2.65. The van der Waals surface area contributed by atoms with Crippen molar-refractivity contribution in [2.45, 2.75) is 12.8 Å². The lowest BCUT2D eigenvalue weighted by Gasteiger charge is -2.11. The van der Waals surface area contributed by atoms with E-state index in [4.69, 9.17) is 15.2 Å². The van der Waals surface area contributed by atoms with Gasteiger partial charge in [0.1, 0.15) is 23.1 Å². The van der Waals surface area contributed by atoms with Gasteiger partial charge in [-0.25, -0.2) is 13.2 Å². The lowest BCUT2D eigenvalue weighted by molar-refractivity contribution is -0.0526. The van der Waals surface area contributed by atoms with E-state index in [1.807, 2.05) is 0 Å². The highest BCUT2D eigenvalue weighted by molar-refractivity contribution is 6.10. The molecule has 132 valence electrons. The highest BCUT2D eigenvalue weighted by atomic mass is 19.1. The molecule has 0 atom stereocenters. The molecule has 0 unspecified atom stereocenters. The van der Waals surface area contributed by atoms with E-state index >= 15 is 0 Å². The van der Waals surface area contributed by atoms with Crippen molar-refractivity contribution < 1.29 is 32.2 Å². The fourth-order valence-corrected chi connectivity index (χ4v) is 2.57. The molecule has 0 bridgehead atoms. The van der Waals surface area contributed by atoms with Crippen LogP contribution in [0.4, 0.5) is 13.2 Å². The van der Waals surface area contributed by atoms with Crippen LogP contribution in [0, 0.1) is 17.5 Å². The second kappa shape index (κ2) is 6.69. The maximum absolute atomic E-state index is 13.8. The van der Waals surface area contributed by atoms with Crippen LogP contribution in [0.2, 0.25) is 0 Å². The summed E-state index contributed by atoms with van der Waals surface area (Å²) in [5.41, 5.74) is 4.14. The summed E-state index contributed by atoms with van der Waals surface area (Å²) in [5.74, 6) is -5.68. The molecule has 1 aliphatic rings. The zero-order valence-electron chi connectivity index (χ0n) is 12.8. The summed E-state index contributed by atoms with van der Waals surface area (Å²) in [7, 11) is 0. The zero-order chi connectivity index (χ0) is 18.1. The second-order valence-electron chi connectivity index (χ2n) is 5.38. The Morgan fingerprint density at radius 1 is 1.12 bits per heavy atom. The number of nitrogens with two attached hydrogens (primary N) is 1. The van der Waals surface area contributed by atoms with Gasteiger partial charge in [0.05, 0.1) is 25.3 Å². The van der Waals surface area contributed by atoms with E-state index in [0.717, 1.165) is 6.07 Å². The summed E-state index contributed by atoms with van der Waals surface area (Å²) < 4.78 is 52.4. The van der Waals surface area contributed by atoms with Crippen molar-refractivity contribution in [1.29, 1.82) is 0 Å². The molecular weight excluding hydrogens is 341 g/mol. The summed E-state index contributed by atoms with van der Waals surface area (Å²) >= 11 is 0. The molecule has 9 heteroatoms. The van der Waals surface area contributed by atoms with Crippen molar-refractivity contribution in [3.8, 4) is 0 Å². The summed E-state index contributed by atoms with van der Waals surface area (Å²) in [6, 6.07) is 1.92. The van der Waals surface area contributed by atoms with Crippen LogP contribution >= 0.6 is 0 Å². The van der Waals surface area contributed by atoms with Crippen LogP contribution in [0.3, 0.4) is 0 Å². The van der Waals surface area contributed by atoms with Gasteiger partial charge in [-0.15, -0.1) is 0 Å². The molecule has 1 aromatic heterocycles. The molecule has 2 N–H and O–H groups in total. The SMILES string of the molecule is NC(=O)c1cc(C(=O)c2c(F)cc(F)cc2F)cn1CC1OCCO1. The molecule has 2 aromatic rings. The van der Waals surface area contributed by atoms with Gasteiger partial charge in [-0.1, -0.05) is 0 Å². The third-order valence-electron chi connectivity index (χ3n) is 3.68. The van der Waals surface area contributed by atoms with Gasteiger partial charge in [-0.3, -0.25) is 9.59 Å². The van der Waals surface area contributed by atoms with Crippen molar-refractivity contribution in [2.24, 2.45) is 5.73 Å². The van der Waals surface area contributed by atoms with Gasteiger partial charge in [-0.05, 0) is 6.07 Å². The number of halogens is 3. The molecule has 1 fully saturated rings. The van der Waals surface area contributed by atoms with E-state index in [1.165, 1.54) is 10.8 Å². The third kappa shape index (κ3) is 3.42. The molecule has 1 aromatic carbocycles. The minimum atomic E-state index is -1.33. The lowest BCUT2D eigenvalue weighted by Crippen LogP contribution is -2.22. The van der Waals surface area contributed by atoms with E-state index in [-0.39, 0.29) is 17.8 Å². The van der Waals surface area contributed by atoms with E-state index in [2.05, 4.69) is 0 Å². The highest BCUT2D eigenvalue weighted by Gasteiger charge is 2.25. The molecule has 1 saturated heterocycles. The van der Waals surface area contributed by atoms with Crippen molar-refractivity contribution in [3.05, 3.63) is 58.7 Å². The van der Waals surface area contributed by atoms with Gasteiger partial charge in [-0.2, -0.15) is 0 Å². The van der Waals surface area contributed by atoms with Gasteiger partial charge >= 0.3 is 0 Å². The van der Waals surface area contributed by atoms with E-state index < -0.39 is 41.0 Å². The molecule has 2 heterocycles. The Morgan fingerprint density at radius 2 is 1.72 bits per heavy atom. The molecule has 0 aliphatic carbocycles. The molecule has 0 radical (unpaired) electrons. The van der Waals surface area contributed by atoms with E-state index in [9.17, 15) is 22.8 Å². The lowest BCUT2D eigenvalue weighted by atomic mass is 10.0. The molecule has 1 amide bonds. The minimum Gasteiger partial charge on any atom is -0.364 e. The van der Waals surface area contributed by atoms with Gasteiger partial charge in [0.2, 0.25) is 0 Å². The maximum atomic E-state index is 13.8. The molecule has 0 spiro atoms. The average Bonchev–Trinajstić information content (AvgIpc) is 3.16. The number of aromatic nitrogens is 1. The fraction of sp³-hybridized carbons (Fsp3) is 0.250. The van der Waals surface area contributed by atoms with Crippen molar-refractivity contribution in [1.82, 2.24) is 4.57 Å². The Morgan fingerprint density at radius 3 is 2.28 bits per heavy atom. The first kappa shape index (κ1) is 17.2. The standard InChI is InChI=1S/C16H13F3N2O4/c17-9-4-10(18)14(11(19)5-9)15(22)8-3-12(16(20)23)21(6-8)7-13-24-1-2-25-13/h3-6,13H,1-2,7H2,(H2,20,23). The van der Waals surface area contributed by atoms with E-state index in [1.54, 1.807) is 0 Å². The Balaban J connectivity index is 1.97. The third-order valence-corrected chi connectivity index (χ3v) is 3.68. The van der Waals surface area contributed by atoms with Crippen molar-refractivity contribution in [2.75, 3.05) is 13.2 Å². The first-order valence-electron chi connectivity index (χ1n) is 7.29. The molecule has 1 aliphatic heterocycles. The van der Waals surface area contributed by atoms with Gasteiger partial charge < -0.3 is 19.8 Å². The van der Waals surface area contributed by atoms with Crippen LogP contribution in [0.25, 0.3) is 0 Å². The van der Waals surface area contributed by atoms with Crippen molar-refractivity contribution in [3.63, 3.8) is 0 Å². The fourth-order valence-electron chi connectivity index (χ4n) is 2.57. The summed E-state index contributed by atoms with van der Waals surface area (Å²) in [4.78, 5) is 24.0. The summed E-state index contributed by atoms with van der Waals surface area (Å²) in [5, 5.41) is 0. The monoisotopic (exact) mass is 354 g/mol. The van der Waals surface area contributed by atoms with Crippen molar-refractivity contribution >= 4 is 11.7 Å². The Kier molecular flexibility index (Phi) is 4.60. The van der Waals surface area contributed by atoms with Gasteiger partial charge in [0, 0.05) is 23.9 Å². The predicted molar refractivity (Wildman–Crippen MR) is 78.4 cm³/mol. The van der Waals surface area contributed by atoms with Crippen LogP contribution in [-0.4, -0.2) is 35.8 Å². The van der Waals surface area contributed by atoms with Crippen LogP contribution in [0.5, 0.6) is 0 Å². The number of ether oxygens (including phenoxy) is 2. The van der Waals surface area contributed by atoms with Crippen LogP contribution in [0.1, 0.15) is 26.4 Å². The predicted octanol–water partition coefficient (Wildman–Crippen LogP) is 1.61.